The Balaban J connectivity index is 0.00000162. The van der Waals surface area contributed by atoms with Crippen molar-refractivity contribution in [2.45, 2.75) is 19.4 Å². The molecule has 1 aromatic carbocycles. The largest absolute Gasteiger partial charge is 0.337 e. The third-order valence-electron chi connectivity index (χ3n) is 3.26. The first-order valence-electron chi connectivity index (χ1n) is 5.83. The highest BCUT2D eigenvalue weighted by molar-refractivity contribution is 9.10. The van der Waals surface area contributed by atoms with Gasteiger partial charge in [0.25, 0.3) is 5.91 Å². The first-order chi connectivity index (χ1) is 8.09. The summed E-state index contributed by atoms with van der Waals surface area (Å²) in [6.45, 7) is 3.91. The Kier molecular flexibility index (Phi) is 5.63. The van der Waals surface area contributed by atoms with Gasteiger partial charge in [0.2, 0.25) is 0 Å². The van der Waals surface area contributed by atoms with Crippen LogP contribution < -0.4 is 5.32 Å². The van der Waals surface area contributed by atoms with E-state index in [0.717, 1.165) is 35.1 Å². The molecule has 1 fully saturated rings. The van der Waals surface area contributed by atoms with Crippen molar-refractivity contribution in [3.05, 3.63) is 33.8 Å². The molecular weight excluding hydrogens is 316 g/mol. The minimum absolute atomic E-state index is 0. The van der Waals surface area contributed by atoms with Crippen molar-refractivity contribution in [3.8, 4) is 0 Å². The van der Waals surface area contributed by atoms with E-state index in [1.165, 1.54) is 0 Å². The molecule has 1 aliphatic heterocycles. The number of carbonyl (C=O) groups excluding carboxylic acids is 1. The third-order valence-corrected chi connectivity index (χ3v) is 3.91. The number of likely N-dealkylation sites (N-methyl/N-ethyl adjacent to an activating group) is 1. The number of rotatable bonds is 2. The Hall–Kier alpha value is -0.580. The van der Waals surface area contributed by atoms with E-state index in [0.29, 0.717) is 6.04 Å². The Labute approximate surface area is 122 Å². The quantitative estimate of drug-likeness (QED) is 0.902. The predicted molar refractivity (Wildman–Crippen MR) is 79.5 cm³/mol. The van der Waals surface area contributed by atoms with E-state index in [-0.39, 0.29) is 18.3 Å². The van der Waals surface area contributed by atoms with Crippen LogP contribution in [0, 0.1) is 6.92 Å². The minimum atomic E-state index is 0. The van der Waals surface area contributed by atoms with Crippen molar-refractivity contribution >= 4 is 34.2 Å². The van der Waals surface area contributed by atoms with Crippen LogP contribution in [0.3, 0.4) is 0 Å². The molecule has 3 nitrogen and oxygen atoms in total. The highest BCUT2D eigenvalue weighted by atomic mass is 79.9. The summed E-state index contributed by atoms with van der Waals surface area (Å²) in [5.41, 5.74) is 1.89. The van der Waals surface area contributed by atoms with Gasteiger partial charge in [-0.15, -0.1) is 12.4 Å². The molecule has 0 spiro atoms. The molecular formula is C13H18BrClN2O. The average Bonchev–Trinajstić information content (AvgIpc) is 2.80. The number of hydrogen-bond donors (Lipinski definition) is 1. The summed E-state index contributed by atoms with van der Waals surface area (Å²) in [7, 11) is 1.88. The number of amides is 1. The van der Waals surface area contributed by atoms with Crippen LogP contribution in [0.25, 0.3) is 0 Å². The smallest absolute Gasteiger partial charge is 0.255 e. The number of carbonyl (C=O) groups is 1. The maximum atomic E-state index is 12.3. The summed E-state index contributed by atoms with van der Waals surface area (Å²) < 4.78 is 0.875. The topological polar surface area (TPSA) is 32.3 Å². The normalized spacial score (nSPS) is 18.3. The maximum Gasteiger partial charge on any atom is 0.255 e. The van der Waals surface area contributed by atoms with Crippen LogP contribution in [-0.4, -0.2) is 37.0 Å². The number of hydrogen-bond acceptors (Lipinski definition) is 2. The highest BCUT2D eigenvalue weighted by Gasteiger charge is 2.24. The second kappa shape index (κ2) is 6.55. The lowest BCUT2D eigenvalue weighted by Crippen LogP contribution is -2.38. The van der Waals surface area contributed by atoms with Crippen molar-refractivity contribution in [2.75, 3.05) is 20.1 Å². The first-order valence-corrected chi connectivity index (χ1v) is 6.63. The van der Waals surface area contributed by atoms with Gasteiger partial charge in [0.05, 0.1) is 5.56 Å². The SMILES string of the molecule is Cc1ccc(C(=O)N(C)C2CCNC2)c(Br)c1.Cl. The van der Waals surface area contributed by atoms with E-state index < -0.39 is 0 Å². The Morgan fingerprint density at radius 1 is 1.50 bits per heavy atom. The van der Waals surface area contributed by atoms with Crippen LogP contribution in [0.4, 0.5) is 0 Å². The summed E-state index contributed by atoms with van der Waals surface area (Å²) in [5, 5.41) is 3.28. The zero-order chi connectivity index (χ0) is 12.4. The predicted octanol–water partition coefficient (Wildman–Crippen LogP) is 2.61. The van der Waals surface area contributed by atoms with Gasteiger partial charge in [-0.1, -0.05) is 6.07 Å². The maximum absolute atomic E-state index is 12.3. The molecule has 100 valence electrons. The van der Waals surface area contributed by atoms with E-state index in [9.17, 15) is 4.79 Å². The van der Waals surface area contributed by atoms with E-state index in [4.69, 9.17) is 0 Å². The second-order valence-electron chi connectivity index (χ2n) is 4.55. The van der Waals surface area contributed by atoms with E-state index >= 15 is 0 Å². The van der Waals surface area contributed by atoms with Gasteiger partial charge in [-0.3, -0.25) is 4.79 Å². The van der Waals surface area contributed by atoms with Crippen LogP contribution >= 0.6 is 28.3 Å². The lowest BCUT2D eigenvalue weighted by molar-refractivity contribution is 0.0743. The molecule has 0 bridgehead atoms. The Bertz CT molecular complexity index is 433. The highest BCUT2D eigenvalue weighted by Crippen LogP contribution is 2.21. The number of benzene rings is 1. The summed E-state index contributed by atoms with van der Waals surface area (Å²) in [4.78, 5) is 14.2. The fourth-order valence-corrected chi connectivity index (χ4v) is 2.78. The van der Waals surface area contributed by atoms with Crippen molar-refractivity contribution < 1.29 is 4.79 Å². The van der Waals surface area contributed by atoms with Gasteiger partial charge in [0, 0.05) is 24.1 Å². The molecule has 1 heterocycles. The lowest BCUT2D eigenvalue weighted by Gasteiger charge is -2.24. The second-order valence-corrected chi connectivity index (χ2v) is 5.40. The molecule has 0 saturated carbocycles. The molecule has 0 aliphatic carbocycles. The van der Waals surface area contributed by atoms with Gasteiger partial charge < -0.3 is 10.2 Å². The number of halogens is 2. The molecule has 18 heavy (non-hydrogen) atoms. The fourth-order valence-electron chi connectivity index (χ4n) is 2.12. The number of nitrogens with one attached hydrogen (secondary N) is 1. The van der Waals surface area contributed by atoms with Crippen molar-refractivity contribution in [2.24, 2.45) is 0 Å². The summed E-state index contributed by atoms with van der Waals surface area (Å²) in [6.07, 6.45) is 1.03. The fraction of sp³-hybridized carbons (Fsp3) is 0.462. The summed E-state index contributed by atoms with van der Waals surface area (Å²) in [5.74, 6) is 0.0885. The van der Waals surface area contributed by atoms with Crippen molar-refractivity contribution in [1.82, 2.24) is 10.2 Å². The van der Waals surface area contributed by atoms with Gasteiger partial charge in [0.15, 0.2) is 0 Å². The number of nitrogens with zero attached hydrogens (tertiary/aromatic N) is 1. The third kappa shape index (κ3) is 3.25. The van der Waals surface area contributed by atoms with Gasteiger partial charge in [-0.2, -0.15) is 0 Å². The lowest BCUT2D eigenvalue weighted by atomic mass is 10.1. The van der Waals surface area contributed by atoms with E-state index in [1.54, 1.807) is 0 Å². The molecule has 1 amide bonds. The molecule has 1 aromatic rings. The average molecular weight is 334 g/mol. The molecule has 1 saturated heterocycles. The van der Waals surface area contributed by atoms with Gasteiger partial charge in [0.1, 0.15) is 0 Å². The Morgan fingerprint density at radius 3 is 2.78 bits per heavy atom. The molecule has 1 atom stereocenters. The molecule has 2 rings (SSSR count). The molecule has 0 radical (unpaired) electrons. The van der Waals surface area contributed by atoms with Crippen molar-refractivity contribution in [1.29, 1.82) is 0 Å². The molecule has 1 aliphatic rings. The monoisotopic (exact) mass is 332 g/mol. The first kappa shape index (κ1) is 15.5. The van der Waals surface area contributed by atoms with Crippen LogP contribution in [0.2, 0.25) is 0 Å². The minimum Gasteiger partial charge on any atom is -0.337 e. The molecule has 1 unspecified atom stereocenters. The van der Waals surface area contributed by atoms with E-state index in [2.05, 4.69) is 21.2 Å². The van der Waals surface area contributed by atoms with Gasteiger partial charge >= 0.3 is 0 Å². The zero-order valence-corrected chi connectivity index (χ0v) is 13.0. The van der Waals surface area contributed by atoms with Crippen LogP contribution in [-0.2, 0) is 0 Å². The molecule has 0 aromatic heterocycles. The van der Waals surface area contributed by atoms with Crippen LogP contribution in [0.5, 0.6) is 0 Å². The van der Waals surface area contributed by atoms with Gasteiger partial charge in [-0.05, 0) is 53.5 Å². The molecule has 1 N–H and O–H groups in total. The summed E-state index contributed by atoms with van der Waals surface area (Å²) in [6, 6.07) is 6.16. The van der Waals surface area contributed by atoms with Gasteiger partial charge in [-0.25, -0.2) is 0 Å². The van der Waals surface area contributed by atoms with Crippen LogP contribution in [0.15, 0.2) is 22.7 Å². The molecule has 5 heteroatoms. The Morgan fingerprint density at radius 2 is 2.22 bits per heavy atom. The van der Waals surface area contributed by atoms with Crippen molar-refractivity contribution in [3.63, 3.8) is 0 Å². The zero-order valence-electron chi connectivity index (χ0n) is 10.6. The standard InChI is InChI=1S/C13H17BrN2O.ClH/c1-9-3-4-11(12(14)7-9)13(17)16(2)10-5-6-15-8-10;/h3-4,7,10,15H,5-6,8H2,1-2H3;1H. The van der Waals surface area contributed by atoms with E-state index in [1.807, 2.05) is 37.1 Å². The van der Waals surface area contributed by atoms with Crippen LogP contribution in [0.1, 0.15) is 22.3 Å². The number of aryl methyl sites for hydroxylation is 1. The summed E-state index contributed by atoms with van der Waals surface area (Å²) >= 11 is 3.46.